The summed E-state index contributed by atoms with van der Waals surface area (Å²) in [5.74, 6) is 0. The standard InChI is InChI=1S/C10H13N3O3S/c1-8(14)7-13(2)17(15,16)10-4-3-5-12-9(10)6-11/h3-5,8,14H,7H2,1-2H3. The molecule has 0 saturated heterocycles. The maximum absolute atomic E-state index is 12.1. The maximum atomic E-state index is 12.1. The second-order valence-electron chi connectivity index (χ2n) is 3.60. The number of aliphatic hydroxyl groups is 1. The van der Waals surface area contributed by atoms with Gasteiger partial charge in [-0.2, -0.15) is 9.57 Å². The van der Waals surface area contributed by atoms with Crippen LogP contribution in [-0.2, 0) is 10.0 Å². The van der Waals surface area contributed by atoms with E-state index in [0.29, 0.717) is 0 Å². The molecule has 0 aliphatic heterocycles. The van der Waals surface area contributed by atoms with Gasteiger partial charge in [-0.3, -0.25) is 0 Å². The third-order valence-corrected chi connectivity index (χ3v) is 3.94. The van der Waals surface area contributed by atoms with Crippen LogP contribution in [0.2, 0.25) is 0 Å². The van der Waals surface area contributed by atoms with Gasteiger partial charge in [0.15, 0.2) is 5.69 Å². The molecule has 7 heteroatoms. The van der Waals surface area contributed by atoms with Crippen LogP contribution >= 0.6 is 0 Å². The second kappa shape index (κ2) is 5.23. The molecule has 1 N–H and O–H groups in total. The van der Waals surface area contributed by atoms with Gasteiger partial charge in [-0.1, -0.05) is 0 Å². The fourth-order valence-corrected chi connectivity index (χ4v) is 2.66. The van der Waals surface area contributed by atoms with E-state index in [0.717, 1.165) is 4.31 Å². The van der Waals surface area contributed by atoms with Crippen molar-refractivity contribution < 1.29 is 13.5 Å². The van der Waals surface area contributed by atoms with Crippen molar-refractivity contribution in [2.45, 2.75) is 17.9 Å². The van der Waals surface area contributed by atoms with Crippen molar-refractivity contribution in [2.24, 2.45) is 0 Å². The largest absolute Gasteiger partial charge is 0.392 e. The first-order valence-electron chi connectivity index (χ1n) is 4.89. The Balaban J connectivity index is 3.18. The minimum Gasteiger partial charge on any atom is -0.392 e. The fourth-order valence-electron chi connectivity index (χ4n) is 1.32. The third kappa shape index (κ3) is 3.00. The zero-order chi connectivity index (χ0) is 13.1. The Morgan fingerprint density at radius 3 is 2.82 bits per heavy atom. The Morgan fingerprint density at radius 2 is 2.29 bits per heavy atom. The molecule has 0 spiro atoms. The van der Waals surface area contributed by atoms with E-state index < -0.39 is 16.1 Å². The van der Waals surface area contributed by atoms with E-state index in [9.17, 15) is 13.5 Å². The lowest BCUT2D eigenvalue weighted by atomic mass is 10.4. The summed E-state index contributed by atoms with van der Waals surface area (Å²) in [5, 5.41) is 18.0. The van der Waals surface area contributed by atoms with Crippen molar-refractivity contribution in [3.63, 3.8) is 0 Å². The molecule has 6 nitrogen and oxygen atoms in total. The SMILES string of the molecule is CC(O)CN(C)S(=O)(=O)c1cccnc1C#N. The van der Waals surface area contributed by atoms with Gasteiger partial charge in [-0.05, 0) is 19.1 Å². The highest BCUT2D eigenvalue weighted by atomic mass is 32.2. The van der Waals surface area contributed by atoms with E-state index in [1.54, 1.807) is 6.07 Å². The highest BCUT2D eigenvalue weighted by molar-refractivity contribution is 7.89. The number of rotatable bonds is 4. The van der Waals surface area contributed by atoms with Crippen LogP contribution in [0.5, 0.6) is 0 Å². The Hall–Kier alpha value is -1.49. The summed E-state index contributed by atoms with van der Waals surface area (Å²) in [5.41, 5.74) is -0.148. The normalized spacial score (nSPS) is 13.4. The molecule has 0 radical (unpaired) electrons. The van der Waals surface area contributed by atoms with Crippen LogP contribution in [0.25, 0.3) is 0 Å². The van der Waals surface area contributed by atoms with Crippen molar-refractivity contribution in [2.75, 3.05) is 13.6 Å². The number of likely N-dealkylation sites (N-methyl/N-ethyl adjacent to an activating group) is 1. The summed E-state index contributed by atoms with van der Waals surface area (Å²) in [6, 6.07) is 4.50. The molecule has 1 unspecified atom stereocenters. The number of nitriles is 1. The van der Waals surface area contributed by atoms with Gasteiger partial charge in [-0.15, -0.1) is 0 Å². The average molecular weight is 255 g/mol. The Morgan fingerprint density at radius 1 is 1.65 bits per heavy atom. The lowest BCUT2D eigenvalue weighted by Crippen LogP contribution is -2.33. The minimum absolute atomic E-state index is 0.0396. The zero-order valence-electron chi connectivity index (χ0n) is 9.53. The molecule has 1 heterocycles. The summed E-state index contributed by atoms with van der Waals surface area (Å²) >= 11 is 0. The molecule has 0 aromatic carbocycles. The van der Waals surface area contributed by atoms with Gasteiger partial charge in [0, 0.05) is 19.8 Å². The summed E-state index contributed by atoms with van der Waals surface area (Å²) in [6.45, 7) is 1.45. The first-order chi connectivity index (χ1) is 7.89. The lowest BCUT2D eigenvalue weighted by molar-refractivity contribution is 0.171. The van der Waals surface area contributed by atoms with E-state index in [4.69, 9.17) is 5.26 Å². The van der Waals surface area contributed by atoms with Crippen LogP contribution in [-0.4, -0.2) is 42.5 Å². The van der Waals surface area contributed by atoms with Crippen molar-refractivity contribution in [1.82, 2.24) is 9.29 Å². The number of aliphatic hydroxyl groups excluding tert-OH is 1. The number of hydrogen-bond acceptors (Lipinski definition) is 5. The Bertz CT molecular complexity index is 534. The number of pyridine rings is 1. The fraction of sp³-hybridized carbons (Fsp3) is 0.400. The number of aromatic nitrogens is 1. The topological polar surface area (TPSA) is 94.3 Å². The molecule has 1 aromatic heterocycles. The predicted octanol–water partition coefficient (Wildman–Crippen LogP) is -0.0454. The molecular weight excluding hydrogens is 242 g/mol. The van der Waals surface area contributed by atoms with Crippen molar-refractivity contribution in [1.29, 1.82) is 5.26 Å². The smallest absolute Gasteiger partial charge is 0.245 e. The van der Waals surface area contributed by atoms with Crippen molar-refractivity contribution >= 4 is 10.0 Å². The Kier molecular flexibility index (Phi) is 4.17. The number of hydrogen-bond donors (Lipinski definition) is 1. The van der Waals surface area contributed by atoms with Crippen LogP contribution in [0.4, 0.5) is 0 Å². The van der Waals surface area contributed by atoms with Gasteiger partial charge in [-0.25, -0.2) is 13.4 Å². The number of nitrogens with zero attached hydrogens (tertiary/aromatic N) is 3. The summed E-state index contributed by atoms with van der Waals surface area (Å²) in [7, 11) is -2.45. The van der Waals surface area contributed by atoms with E-state index in [1.165, 1.54) is 32.3 Å². The highest BCUT2D eigenvalue weighted by Gasteiger charge is 2.25. The van der Waals surface area contributed by atoms with Crippen molar-refractivity contribution in [3.8, 4) is 6.07 Å². The van der Waals surface area contributed by atoms with Crippen LogP contribution in [0.1, 0.15) is 12.6 Å². The predicted molar refractivity (Wildman–Crippen MR) is 60.4 cm³/mol. The second-order valence-corrected chi connectivity index (χ2v) is 5.61. The molecule has 0 saturated carbocycles. The zero-order valence-corrected chi connectivity index (χ0v) is 10.3. The molecule has 1 aromatic rings. The maximum Gasteiger partial charge on any atom is 0.245 e. The summed E-state index contributed by atoms with van der Waals surface area (Å²) in [6.07, 6.45) is 0.573. The van der Waals surface area contributed by atoms with E-state index in [-0.39, 0.29) is 17.1 Å². The molecule has 0 amide bonds. The van der Waals surface area contributed by atoms with Crippen molar-refractivity contribution in [3.05, 3.63) is 24.0 Å². The molecule has 1 atom stereocenters. The quantitative estimate of drug-likeness (QED) is 0.814. The van der Waals surface area contributed by atoms with E-state index in [1.807, 2.05) is 0 Å². The molecule has 0 aliphatic rings. The van der Waals surface area contributed by atoms with Crippen LogP contribution < -0.4 is 0 Å². The van der Waals surface area contributed by atoms with Gasteiger partial charge in [0.05, 0.1) is 6.10 Å². The average Bonchev–Trinajstić information content (AvgIpc) is 2.28. The molecule has 1 rings (SSSR count). The van der Waals surface area contributed by atoms with Crippen LogP contribution in [0.15, 0.2) is 23.2 Å². The number of sulfonamides is 1. The summed E-state index contributed by atoms with van der Waals surface area (Å²) < 4.78 is 25.1. The first-order valence-corrected chi connectivity index (χ1v) is 6.33. The van der Waals surface area contributed by atoms with Crippen LogP contribution in [0, 0.1) is 11.3 Å². The minimum atomic E-state index is -3.79. The molecular formula is C10H13N3O3S. The highest BCUT2D eigenvalue weighted by Crippen LogP contribution is 2.16. The van der Waals surface area contributed by atoms with E-state index >= 15 is 0 Å². The van der Waals surface area contributed by atoms with Gasteiger partial charge < -0.3 is 5.11 Å². The third-order valence-electron chi connectivity index (χ3n) is 2.09. The van der Waals surface area contributed by atoms with Gasteiger partial charge in [0.2, 0.25) is 10.0 Å². The Labute approximate surface area is 100 Å². The van der Waals surface area contributed by atoms with E-state index in [2.05, 4.69) is 4.98 Å². The molecule has 0 aliphatic carbocycles. The van der Waals surface area contributed by atoms with Gasteiger partial charge >= 0.3 is 0 Å². The lowest BCUT2D eigenvalue weighted by Gasteiger charge is -2.18. The first kappa shape index (κ1) is 13.6. The van der Waals surface area contributed by atoms with Gasteiger partial charge in [0.1, 0.15) is 11.0 Å². The monoisotopic (exact) mass is 255 g/mol. The molecule has 17 heavy (non-hydrogen) atoms. The van der Waals surface area contributed by atoms with Crippen LogP contribution in [0.3, 0.4) is 0 Å². The molecule has 92 valence electrons. The molecule has 0 fully saturated rings. The molecule has 0 bridgehead atoms. The summed E-state index contributed by atoms with van der Waals surface area (Å²) in [4.78, 5) is 3.55. The van der Waals surface area contributed by atoms with Gasteiger partial charge in [0.25, 0.3) is 0 Å².